The molecule has 0 saturated carbocycles. The van der Waals surface area contributed by atoms with Gasteiger partial charge in [-0.05, 0) is 18.2 Å². The Morgan fingerprint density at radius 2 is 1.49 bits per heavy atom. The zero-order valence-electron chi connectivity index (χ0n) is 18.7. The molecule has 2 aromatic carbocycles. The molecular formula is C21H20FN3O12. The Hall–Kier alpha value is -5.15. The van der Waals surface area contributed by atoms with Crippen molar-refractivity contribution in [3.63, 3.8) is 0 Å². The van der Waals surface area contributed by atoms with Crippen LogP contribution in [0.3, 0.4) is 0 Å². The van der Waals surface area contributed by atoms with Gasteiger partial charge in [-0.25, -0.2) is 14.0 Å². The molecule has 0 saturated heterocycles. The molecule has 2 aromatic rings. The predicted molar refractivity (Wildman–Crippen MR) is 121 cm³/mol. The highest BCUT2D eigenvalue weighted by molar-refractivity contribution is 6.00. The van der Waals surface area contributed by atoms with Gasteiger partial charge in [-0.15, -0.1) is 0 Å². The van der Waals surface area contributed by atoms with Crippen molar-refractivity contribution in [1.29, 1.82) is 0 Å². The quantitative estimate of drug-likeness (QED) is 0.0950. The first kappa shape index (κ1) is 28.1. The summed E-state index contributed by atoms with van der Waals surface area (Å²) in [6.45, 7) is -2.22. The Kier molecular flexibility index (Phi) is 9.51. The summed E-state index contributed by atoms with van der Waals surface area (Å²) in [6, 6.07) is 3.84. The Labute approximate surface area is 206 Å². The fourth-order valence-electron chi connectivity index (χ4n) is 2.97. The van der Waals surface area contributed by atoms with E-state index in [1.165, 1.54) is 0 Å². The van der Waals surface area contributed by atoms with Gasteiger partial charge in [-0.1, -0.05) is 0 Å². The van der Waals surface area contributed by atoms with Crippen molar-refractivity contribution >= 4 is 40.9 Å². The molecule has 198 valence electrons. The van der Waals surface area contributed by atoms with E-state index < -0.39 is 59.4 Å². The lowest BCUT2D eigenvalue weighted by Gasteiger charge is -2.23. The van der Waals surface area contributed by atoms with Crippen LogP contribution >= 0.6 is 0 Å². The first-order valence-electron chi connectivity index (χ1n) is 10.1. The number of non-ortho nitro benzene ring substituents is 1. The van der Waals surface area contributed by atoms with E-state index in [0.717, 1.165) is 41.3 Å². The summed E-state index contributed by atoms with van der Waals surface area (Å²) in [7, 11) is 0. The smallest absolute Gasteiger partial charge is 0.337 e. The van der Waals surface area contributed by atoms with E-state index in [9.17, 15) is 33.7 Å². The zero-order valence-corrected chi connectivity index (χ0v) is 18.7. The van der Waals surface area contributed by atoms with Gasteiger partial charge < -0.3 is 40.1 Å². The number of nitrogens with zero attached hydrogens (tertiary/aromatic N) is 2. The van der Waals surface area contributed by atoms with Crippen LogP contribution in [0.4, 0.5) is 21.5 Å². The van der Waals surface area contributed by atoms with Crippen LogP contribution in [0, 0.1) is 15.9 Å². The van der Waals surface area contributed by atoms with Crippen LogP contribution in [0.1, 0.15) is 0 Å². The number of nitrogens with one attached hydrogen (secondary N) is 1. The first-order valence-corrected chi connectivity index (χ1v) is 10.1. The molecule has 0 atom stereocenters. The molecule has 2 rings (SSSR count). The first-order chi connectivity index (χ1) is 17.4. The minimum atomic E-state index is -2.09. The van der Waals surface area contributed by atoms with Gasteiger partial charge in [-0.3, -0.25) is 19.7 Å². The van der Waals surface area contributed by atoms with Crippen LogP contribution in [0.25, 0.3) is 0 Å². The molecule has 0 aliphatic rings. The molecule has 0 fully saturated rings. The summed E-state index contributed by atoms with van der Waals surface area (Å²) in [5.41, 5.74) is -0.690. The number of anilines is 2. The van der Waals surface area contributed by atoms with Gasteiger partial charge in [0, 0.05) is 12.1 Å². The van der Waals surface area contributed by atoms with E-state index >= 15 is 0 Å². The summed E-state index contributed by atoms with van der Waals surface area (Å²) in [6.07, 6.45) is 0. The fourth-order valence-corrected chi connectivity index (χ4v) is 2.97. The number of benzene rings is 2. The van der Waals surface area contributed by atoms with Crippen LogP contribution in [-0.4, -0.2) is 81.6 Å². The highest BCUT2D eigenvalue weighted by Crippen LogP contribution is 2.31. The Bertz CT molecular complexity index is 1180. The SMILES string of the molecule is O=C(O)CN(CC(=O)O)c1ccc(F)cc1OCCOc1cc([N+](=O)[O-])ccc1NC(C(=O)O)C(=O)O. The van der Waals surface area contributed by atoms with Crippen LogP contribution in [-0.2, 0) is 19.2 Å². The minimum absolute atomic E-state index is 0.0466. The van der Waals surface area contributed by atoms with E-state index in [0.29, 0.717) is 0 Å². The number of hydrogen-bond acceptors (Lipinski definition) is 10. The second-order valence-corrected chi connectivity index (χ2v) is 7.14. The second kappa shape index (κ2) is 12.5. The van der Waals surface area contributed by atoms with E-state index in [1.807, 2.05) is 0 Å². The molecule has 0 aliphatic heterocycles. The molecule has 0 aliphatic carbocycles. The molecule has 0 unspecified atom stereocenters. The summed E-state index contributed by atoms with van der Waals surface area (Å²) in [5, 5.41) is 49.5. The molecule has 0 bridgehead atoms. The Morgan fingerprint density at radius 1 is 0.919 bits per heavy atom. The van der Waals surface area contributed by atoms with E-state index in [2.05, 4.69) is 5.32 Å². The third kappa shape index (κ3) is 8.23. The number of carboxylic acid groups (broad SMARTS) is 4. The maximum atomic E-state index is 13.8. The number of hydrogen-bond donors (Lipinski definition) is 5. The largest absolute Gasteiger partial charge is 0.488 e. The maximum absolute atomic E-state index is 13.8. The molecule has 16 heteroatoms. The van der Waals surface area contributed by atoms with Crippen molar-refractivity contribution in [1.82, 2.24) is 0 Å². The highest BCUT2D eigenvalue weighted by atomic mass is 19.1. The van der Waals surface area contributed by atoms with Crippen molar-refractivity contribution in [3.8, 4) is 11.5 Å². The van der Waals surface area contributed by atoms with Gasteiger partial charge >= 0.3 is 23.9 Å². The molecule has 0 heterocycles. The van der Waals surface area contributed by atoms with Crippen molar-refractivity contribution in [2.75, 3.05) is 36.5 Å². The lowest BCUT2D eigenvalue weighted by atomic mass is 10.2. The third-order valence-corrected chi connectivity index (χ3v) is 4.48. The van der Waals surface area contributed by atoms with Gasteiger partial charge in [0.2, 0.25) is 6.04 Å². The van der Waals surface area contributed by atoms with Crippen LogP contribution in [0.2, 0.25) is 0 Å². The van der Waals surface area contributed by atoms with Gasteiger partial charge in [0.05, 0.1) is 22.4 Å². The van der Waals surface area contributed by atoms with Crippen molar-refractivity contribution in [3.05, 3.63) is 52.3 Å². The second-order valence-electron chi connectivity index (χ2n) is 7.14. The highest BCUT2D eigenvalue weighted by Gasteiger charge is 2.27. The van der Waals surface area contributed by atoms with Crippen molar-refractivity contribution in [2.24, 2.45) is 0 Å². The van der Waals surface area contributed by atoms with Crippen LogP contribution in [0.5, 0.6) is 11.5 Å². The number of rotatable bonds is 15. The predicted octanol–water partition coefficient (Wildman–Crippen LogP) is 1.12. The number of carboxylic acids is 4. The van der Waals surface area contributed by atoms with Crippen molar-refractivity contribution < 1.29 is 58.4 Å². The molecule has 15 nitrogen and oxygen atoms in total. The third-order valence-electron chi connectivity index (χ3n) is 4.48. The molecule has 0 radical (unpaired) electrons. The van der Waals surface area contributed by atoms with Crippen LogP contribution in [0.15, 0.2) is 36.4 Å². The topological polar surface area (TPSA) is 226 Å². The van der Waals surface area contributed by atoms with Crippen molar-refractivity contribution in [2.45, 2.75) is 6.04 Å². The van der Waals surface area contributed by atoms with Gasteiger partial charge in [-0.2, -0.15) is 0 Å². The number of carbonyl (C=O) groups is 4. The minimum Gasteiger partial charge on any atom is -0.488 e. The fraction of sp³-hybridized carbons (Fsp3) is 0.238. The molecule has 5 N–H and O–H groups in total. The summed E-state index contributed by atoms with van der Waals surface area (Å²) in [4.78, 5) is 55.9. The number of aliphatic carboxylic acids is 4. The lowest BCUT2D eigenvalue weighted by molar-refractivity contribution is -0.384. The standard InChI is InChI=1S/C21H20FN3O12/c22-11-1-4-14(24(9-17(26)27)10-18(28)29)16(7-11)37-6-5-36-15-8-12(25(34)35)2-3-13(15)23-19(20(30)31)21(32)33/h1-4,7-8,19,23H,5-6,9-10H2,(H,26,27)(H,28,29)(H,30,31)(H,32,33). The summed E-state index contributed by atoms with van der Waals surface area (Å²) < 4.78 is 24.6. The van der Waals surface area contributed by atoms with E-state index in [4.69, 9.17) is 29.9 Å². The molecule has 0 amide bonds. The maximum Gasteiger partial charge on any atom is 0.337 e. The monoisotopic (exact) mass is 525 g/mol. The average molecular weight is 525 g/mol. The lowest BCUT2D eigenvalue weighted by Crippen LogP contribution is -2.37. The van der Waals surface area contributed by atoms with Gasteiger partial charge in [0.15, 0.2) is 0 Å². The molecule has 0 aromatic heterocycles. The number of halogens is 1. The van der Waals surface area contributed by atoms with Gasteiger partial charge in [0.25, 0.3) is 5.69 Å². The molecule has 0 spiro atoms. The average Bonchev–Trinajstić information content (AvgIpc) is 2.79. The number of nitro groups is 1. The number of nitro benzene ring substituents is 1. The Morgan fingerprint density at radius 3 is 2.00 bits per heavy atom. The number of ether oxygens (including phenoxy) is 2. The van der Waals surface area contributed by atoms with Crippen LogP contribution < -0.4 is 19.7 Å². The van der Waals surface area contributed by atoms with E-state index in [-0.39, 0.29) is 36.1 Å². The zero-order chi connectivity index (χ0) is 27.7. The van der Waals surface area contributed by atoms with Gasteiger partial charge in [0.1, 0.15) is 43.6 Å². The molecular weight excluding hydrogens is 505 g/mol. The molecule has 37 heavy (non-hydrogen) atoms. The summed E-state index contributed by atoms with van der Waals surface area (Å²) >= 11 is 0. The summed E-state index contributed by atoms with van der Waals surface area (Å²) in [5.74, 6) is -7.46. The normalized spacial score (nSPS) is 10.4. The van der Waals surface area contributed by atoms with E-state index in [1.54, 1.807) is 0 Å². The Balaban J connectivity index is 2.22.